The van der Waals surface area contributed by atoms with E-state index in [1.54, 1.807) is 23.5 Å². The summed E-state index contributed by atoms with van der Waals surface area (Å²) in [5, 5.41) is 3.20. The first-order valence-electron chi connectivity index (χ1n) is 7.64. The highest BCUT2D eigenvalue weighted by Crippen LogP contribution is 2.29. The standard InChI is InChI=1S/C17H19FN2OS/c18-15-4-1-13(2-5-15)3-6-16(21)20-10-7-14(8-11-20)17-19-9-12-22-17/h1-2,4-5,9,12,14H,3,6-8,10-11H2. The van der Waals surface area contributed by atoms with Gasteiger partial charge in [0.1, 0.15) is 5.82 Å². The van der Waals surface area contributed by atoms with E-state index in [1.807, 2.05) is 16.5 Å². The van der Waals surface area contributed by atoms with Gasteiger partial charge in [0.2, 0.25) is 5.91 Å². The number of nitrogens with zero attached hydrogens (tertiary/aromatic N) is 2. The molecule has 1 aliphatic heterocycles. The summed E-state index contributed by atoms with van der Waals surface area (Å²) in [7, 11) is 0. The Bertz CT molecular complexity index is 604. The Hall–Kier alpha value is -1.75. The lowest BCUT2D eigenvalue weighted by Gasteiger charge is -2.31. The van der Waals surface area contributed by atoms with Gasteiger partial charge in [-0.25, -0.2) is 9.37 Å². The molecular formula is C17H19FN2OS. The van der Waals surface area contributed by atoms with Gasteiger partial charge in [0, 0.05) is 37.0 Å². The number of aryl methyl sites for hydroxylation is 1. The van der Waals surface area contributed by atoms with Crippen molar-refractivity contribution in [2.45, 2.75) is 31.6 Å². The van der Waals surface area contributed by atoms with Crippen molar-refractivity contribution in [3.8, 4) is 0 Å². The lowest BCUT2D eigenvalue weighted by molar-refractivity contribution is -0.132. The SMILES string of the molecule is O=C(CCc1ccc(F)cc1)N1CCC(c2nccs2)CC1. The van der Waals surface area contributed by atoms with Crippen molar-refractivity contribution < 1.29 is 9.18 Å². The maximum atomic E-state index is 12.9. The first kappa shape index (κ1) is 15.2. The lowest BCUT2D eigenvalue weighted by Crippen LogP contribution is -2.38. The molecule has 1 amide bonds. The third-order valence-electron chi connectivity index (χ3n) is 4.19. The number of aromatic nitrogens is 1. The molecule has 0 N–H and O–H groups in total. The number of hydrogen-bond acceptors (Lipinski definition) is 3. The van der Waals surface area contributed by atoms with Gasteiger partial charge in [-0.05, 0) is 37.0 Å². The zero-order chi connectivity index (χ0) is 15.4. The van der Waals surface area contributed by atoms with Crippen LogP contribution in [-0.4, -0.2) is 28.9 Å². The van der Waals surface area contributed by atoms with Gasteiger partial charge in [-0.1, -0.05) is 12.1 Å². The molecule has 1 aliphatic rings. The number of piperidine rings is 1. The predicted octanol–water partition coefficient (Wildman–Crippen LogP) is 3.62. The number of halogens is 1. The van der Waals surface area contributed by atoms with E-state index in [-0.39, 0.29) is 11.7 Å². The van der Waals surface area contributed by atoms with Crippen LogP contribution in [0.1, 0.15) is 35.8 Å². The van der Waals surface area contributed by atoms with Crippen LogP contribution in [0.3, 0.4) is 0 Å². The first-order chi connectivity index (χ1) is 10.7. The molecule has 0 atom stereocenters. The third kappa shape index (κ3) is 3.71. The molecular weight excluding hydrogens is 299 g/mol. The molecule has 1 aromatic carbocycles. The van der Waals surface area contributed by atoms with Crippen molar-refractivity contribution >= 4 is 17.2 Å². The highest BCUT2D eigenvalue weighted by molar-refractivity contribution is 7.09. The van der Waals surface area contributed by atoms with Crippen LogP contribution in [0.2, 0.25) is 0 Å². The van der Waals surface area contributed by atoms with Crippen LogP contribution >= 0.6 is 11.3 Å². The summed E-state index contributed by atoms with van der Waals surface area (Å²) >= 11 is 1.70. The molecule has 116 valence electrons. The number of thiazole rings is 1. The van der Waals surface area contributed by atoms with E-state index in [9.17, 15) is 9.18 Å². The number of carbonyl (C=O) groups is 1. The molecule has 0 aliphatic carbocycles. The van der Waals surface area contributed by atoms with Crippen molar-refractivity contribution in [1.29, 1.82) is 0 Å². The smallest absolute Gasteiger partial charge is 0.222 e. The summed E-state index contributed by atoms with van der Waals surface area (Å²) in [4.78, 5) is 18.6. The molecule has 2 aromatic rings. The van der Waals surface area contributed by atoms with Crippen molar-refractivity contribution in [2.24, 2.45) is 0 Å². The van der Waals surface area contributed by atoms with Crippen LogP contribution < -0.4 is 0 Å². The molecule has 1 saturated heterocycles. The van der Waals surface area contributed by atoms with E-state index in [4.69, 9.17) is 0 Å². The molecule has 2 heterocycles. The summed E-state index contributed by atoms with van der Waals surface area (Å²) < 4.78 is 12.9. The average Bonchev–Trinajstić information content (AvgIpc) is 3.09. The van der Waals surface area contributed by atoms with Crippen molar-refractivity contribution in [1.82, 2.24) is 9.88 Å². The van der Waals surface area contributed by atoms with Gasteiger partial charge in [0.25, 0.3) is 0 Å². The minimum atomic E-state index is -0.237. The second-order valence-electron chi connectivity index (χ2n) is 5.65. The zero-order valence-electron chi connectivity index (χ0n) is 12.4. The Morgan fingerprint density at radius 2 is 2.00 bits per heavy atom. The van der Waals surface area contributed by atoms with Crippen LogP contribution in [0.4, 0.5) is 4.39 Å². The number of benzene rings is 1. The summed E-state index contributed by atoms with van der Waals surface area (Å²) in [5.74, 6) is 0.461. The van der Waals surface area contributed by atoms with Gasteiger partial charge in [-0.3, -0.25) is 4.79 Å². The number of likely N-dealkylation sites (tertiary alicyclic amines) is 1. The monoisotopic (exact) mass is 318 g/mol. The highest BCUT2D eigenvalue weighted by atomic mass is 32.1. The Morgan fingerprint density at radius 3 is 2.64 bits per heavy atom. The summed E-state index contributed by atoms with van der Waals surface area (Å²) in [6.45, 7) is 1.62. The van der Waals surface area contributed by atoms with E-state index in [1.165, 1.54) is 17.1 Å². The summed E-state index contributed by atoms with van der Waals surface area (Å²) in [6.07, 6.45) is 5.00. The van der Waals surface area contributed by atoms with Gasteiger partial charge in [-0.15, -0.1) is 11.3 Å². The fourth-order valence-electron chi connectivity index (χ4n) is 2.87. The highest BCUT2D eigenvalue weighted by Gasteiger charge is 2.24. The molecule has 0 bridgehead atoms. The maximum absolute atomic E-state index is 12.9. The Morgan fingerprint density at radius 1 is 1.27 bits per heavy atom. The normalized spacial score (nSPS) is 16.0. The fraction of sp³-hybridized carbons (Fsp3) is 0.412. The summed E-state index contributed by atoms with van der Waals surface area (Å²) in [5.41, 5.74) is 1.01. The van der Waals surface area contributed by atoms with Crippen molar-refractivity contribution in [3.05, 3.63) is 52.2 Å². The summed E-state index contributed by atoms with van der Waals surface area (Å²) in [6, 6.07) is 6.38. The predicted molar refractivity (Wildman–Crippen MR) is 85.4 cm³/mol. The Balaban J connectivity index is 1.46. The second-order valence-corrected chi connectivity index (χ2v) is 6.58. The Labute approximate surface area is 133 Å². The van der Waals surface area contributed by atoms with Crippen LogP contribution in [-0.2, 0) is 11.2 Å². The van der Waals surface area contributed by atoms with E-state index < -0.39 is 0 Å². The Kier molecular flexibility index (Phi) is 4.83. The van der Waals surface area contributed by atoms with E-state index >= 15 is 0 Å². The molecule has 22 heavy (non-hydrogen) atoms. The van der Waals surface area contributed by atoms with Crippen molar-refractivity contribution in [3.63, 3.8) is 0 Å². The van der Waals surface area contributed by atoms with E-state index in [0.29, 0.717) is 18.8 Å². The number of rotatable bonds is 4. The minimum absolute atomic E-state index is 0.196. The van der Waals surface area contributed by atoms with Gasteiger partial charge < -0.3 is 4.90 Å². The zero-order valence-corrected chi connectivity index (χ0v) is 13.2. The number of hydrogen-bond donors (Lipinski definition) is 0. The van der Waals surface area contributed by atoms with Gasteiger partial charge in [0.15, 0.2) is 0 Å². The van der Waals surface area contributed by atoms with Crippen LogP contribution in [0.25, 0.3) is 0 Å². The van der Waals surface area contributed by atoms with Crippen molar-refractivity contribution in [2.75, 3.05) is 13.1 Å². The number of amides is 1. The van der Waals surface area contributed by atoms with Gasteiger partial charge in [-0.2, -0.15) is 0 Å². The van der Waals surface area contributed by atoms with Gasteiger partial charge in [0.05, 0.1) is 5.01 Å². The molecule has 0 saturated carbocycles. The molecule has 0 unspecified atom stereocenters. The van der Waals surface area contributed by atoms with Crippen LogP contribution in [0.5, 0.6) is 0 Å². The second kappa shape index (κ2) is 7.01. The van der Waals surface area contributed by atoms with E-state index in [2.05, 4.69) is 4.98 Å². The number of carbonyl (C=O) groups excluding carboxylic acids is 1. The first-order valence-corrected chi connectivity index (χ1v) is 8.52. The van der Waals surface area contributed by atoms with Crippen LogP contribution in [0.15, 0.2) is 35.8 Å². The molecule has 3 rings (SSSR count). The third-order valence-corrected chi connectivity index (χ3v) is 5.13. The van der Waals surface area contributed by atoms with E-state index in [0.717, 1.165) is 31.5 Å². The minimum Gasteiger partial charge on any atom is -0.343 e. The quantitative estimate of drug-likeness (QED) is 0.862. The average molecular weight is 318 g/mol. The molecule has 0 spiro atoms. The molecule has 3 nitrogen and oxygen atoms in total. The van der Waals surface area contributed by atoms with Crippen LogP contribution in [0, 0.1) is 5.82 Å². The maximum Gasteiger partial charge on any atom is 0.222 e. The molecule has 0 radical (unpaired) electrons. The molecule has 1 aromatic heterocycles. The van der Waals surface area contributed by atoms with Gasteiger partial charge >= 0.3 is 0 Å². The largest absolute Gasteiger partial charge is 0.343 e. The topological polar surface area (TPSA) is 33.2 Å². The molecule has 5 heteroatoms. The lowest BCUT2D eigenvalue weighted by atomic mass is 9.97. The molecule has 1 fully saturated rings. The fourth-order valence-corrected chi connectivity index (χ4v) is 3.68.